The molecule has 1 aromatic heterocycles. The zero-order valence-electron chi connectivity index (χ0n) is 16.5. The minimum atomic E-state index is -6.00. The van der Waals surface area contributed by atoms with Gasteiger partial charge < -0.3 is 32.2 Å². The zero-order valence-corrected chi connectivity index (χ0v) is 18.2. The Kier molecular flexibility index (Phi) is 21.8. The van der Waals surface area contributed by atoms with Crippen LogP contribution in [0.4, 0.5) is 17.3 Å². The molecule has 0 saturated carbocycles. The average Bonchev–Trinajstić information content (AvgIpc) is 2.80. The Morgan fingerprint density at radius 2 is 1.39 bits per heavy atom. The van der Waals surface area contributed by atoms with E-state index in [4.69, 9.17) is 9.47 Å². The van der Waals surface area contributed by atoms with E-state index in [0.717, 1.165) is 11.4 Å². The number of allylic oxidation sites excluding steroid dienone is 4. The molecule has 1 aromatic rings. The van der Waals surface area contributed by atoms with Crippen LogP contribution in [0.2, 0.25) is 0 Å². The number of halogens is 4. The molecule has 0 atom stereocenters. The zero-order chi connectivity index (χ0) is 19.8. The van der Waals surface area contributed by atoms with Gasteiger partial charge in [-0.3, -0.25) is 0 Å². The molecular formula is C17H31BF4N2O3Rh. The number of nitrogens with zero attached hydrogens (tertiary/aromatic N) is 2. The van der Waals surface area contributed by atoms with Crippen LogP contribution in [0.5, 0.6) is 0 Å². The molecule has 0 aromatic carbocycles. The number of aromatic nitrogens is 2. The smallest absolute Gasteiger partial charge is 0.457 e. The summed E-state index contributed by atoms with van der Waals surface area (Å²) in [5.74, 6) is 0. The first-order valence-electron chi connectivity index (χ1n) is 8.49. The molecular weight excluding hydrogens is 470 g/mol. The Hall–Kier alpha value is -1.02. The molecule has 0 spiro atoms. The van der Waals surface area contributed by atoms with Crippen molar-refractivity contribution in [3.63, 3.8) is 0 Å². The quantitative estimate of drug-likeness (QED) is 0.200. The first-order chi connectivity index (χ1) is 12.2. The van der Waals surface area contributed by atoms with Crippen LogP contribution in [0.1, 0.15) is 37.1 Å². The fourth-order valence-corrected chi connectivity index (χ4v) is 1.96. The third-order valence-electron chi connectivity index (χ3n) is 3.08. The summed E-state index contributed by atoms with van der Waals surface area (Å²) in [6.45, 7) is 5.72. The number of hydrogen-bond donors (Lipinski definition) is 0. The fraction of sp³-hybridized carbons (Fsp3) is 0.588. The van der Waals surface area contributed by atoms with Gasteiger partial charge >= 0.3 is 7.25 Å². The normalized spacial score (nSPS) is 15.1. The predicted molar refractivity (Wildman–Crippen MR) is 101 cm³/mol. The standard InChI is InChI=1S/C9H16N2O2.C8H12.BF4.H2O.Rh/c1-8-6-9(2)11(10-8)7-13-5-4-12-3;1-2-4-6-8-7-5-3-1;2-1(3,4)5;;/h6H,4-5,7H2,1-3H3;1-2,7-8H,3-6H2;;1H2;/q;;-1;;/p+1/b;2-1-,8-7-;;;. The molecule has 0 bridgehead atoms. The average molecular weight is 501 g/mol. The van der Waals surface area contributed by atoms with E-state index in [1.165, 1.54) is 25.7 Å². The molecule has 0 aliphatic heterocycles. The van der Waals surface area contributed by atoms with Crippen LogP contribution in [-0.4, -0.2) is 37.4 Å². The third kappa shape index (κ3) is 23.0. The van der Waals surface area contributed by atoms with E-state index in [-0.39, 0.29) is 25.0 Å². The molecule has 1 aliphatic carbocycles. The Bertz CT molecular complexity index is 509. The second-order valence-electron chi connectivity index (χ2n) is 5.55. The van der Waals surface area contributed by atoms with Gasteiger partial charge in [0, 0.05) is 32.3 Å². The van der Waals surface area contributed by atoms with Gasteiger partial charge in [0.1, 0.15) is 6.73 Å². The maximum atomic E-state index is 9.75. The van der Waals surface area contributed by atoms with Gasteiger partial charge in [0.15, 0.2) is 0 Å². The van der Waals surface area contributed by atoms with Gasteiger partial charge in [-0.15, -0.1) is 0 Å². The topological polar surface area (TPSA) is 69.3 Å². The van der Waals surface area contributed by atoms with Crippen LogP contribution < -0.4 is 0 Å². The van der Waals surface area contributed by atoms with Gasteiger partial charge in [-0.25, -0.2) is 4.68 Å². The van der Waals surface area contributed by atoms with Crippen molar-refractivity contribution in [2.24, 2.45) is 0 Å². The molecule has 1 aliphatic rings. The van der Waals surface area contributed by atoms with Gasteiger partial charge in [-0.1, -0.05) is 24.3 Å². The van der Waals surface area contributed by atoms with Crippen LogP contribution in [0, 0.1) is 13.8 Å². The first-order valence-corrected chi connectivity index (χ1v) is 8.49. The van der Waals surface area contributed by atoms with Gasteiger partial charge in [0.25, 0.3) is 0 Å². The predicted octanol–water partition coefficient (Wildman–Crippen LogP) is 4.17. The Morgan fingerprint density at radius 3 is 1.71 bits per heavy atom. The Labute approximate surface area is 177 Å². The van der Waals surface area contributed by atoms with Gasteiger partial charge in [-0.05, 0) is 45.6 Å². The van der Waals surface area contributed by atoms with Gasteiger partial charge in [-0.2, -0.15) is 5.10 Å². The maximum Gasteiger partial charge on any atom is 0.673 e. The molecule has 0 unspecified atom stereocenters. The molecule has 167 valence electrons. The van der Waals surface area contributed by atoms with E-state index in [1.54, 1.807) is 7.11 Å². The first kappa shape index (κ1) is 31.7. The van der Waals surface area contributed by atoms with Crippen molar-refractivity contribution in [2.45, 2.75) is 46.3 Å². The van der Waals surface area contributed by atoms with Gasteiger partial charge in [0.2, 0.25) is 0 Å². The van der Waals surface area contributed by atoms with Crippen molar-refractivity contribution in [3.8, 4) is 0 Å². The van der Waals surface area contributed by atoms with Crippen molar-refractivity contribution in [1.82, 2.24) is 9.78 Å². The molecule has 2 rings (SSSR count). The van der Waals surface area contributed by atoms with E-state index in [0.29, 0.717) is 19.9 Å². The molecule has 28 heavy (non-hydrogen) atoms. The molecule has 0 saturated heterocycles. The molecule has 5 nitrogen and oxygen atoms in total. The van der Waals surface area contributed by atoms with E-state index in [9.17, 15) is 17.3 Å². The van der Waals surface area contributed by atoms with E-state index in [1.807, 2.05) is 24.6 Å². The molecule has 1 radical (unpaired) electrons. The molecule has 11 heteroatoms. The number of ether oxygens (including phenoxy) is 2. The summed E-state index contributed by atoms with van der Waals surface area (Å²) in [6.07, 6.45) is 14.0. The SMILES string of the molecule is C1=C\CC/C=C\CC/1.COCCOCn1nc(C)cc1C.F[B-](F)(F)F.[OH3+].[Rh]. The summed E-state index contributed by atoms with van der Waals surface area (Å²) < 4.78 is 51.0. The number of methoxy groups -OCH3 is 1. The molecule has 3 N–H and O–H groups in total. The van der Waals surface area contributed by atoms with Crippen molar-refractivity contribution in [1.29, 1.82) is 0 Å². The minimum absolute atomic E-state index is 0. The van der Waals surface area contributed by atoms with Crippen molar-refractivity contribution in [3.05, 3.63) is 41.8 Å². The third-order valence-corrected chi connectivity index (χ3v) is 3.08. The number of aryl methyl sites for hydroxylation is 2. The number of rotatable bonds is 5. The summed E-state index contributed by atoms with van der Waals surface area (Å²) in [7, 11) is -4.34. The van der Waals surface area contributed by atoms with Crippen LogP contribution in [0.15, 0.2) is 30.4 Å². The number of hydrogen-bond acceptors (Lipinski definition) is 3. The molecule has 1 heterocycles. The monoisotopic (exact) mass is 501 g/mol. The van der Waals surface area contributed by atoms with E-state index in [2.05, 4.69) is 29.4 Å². The van der Waals surface area contributed by atoms with Gasteiger partial charge in [0.05, 0.1) is 18.9 Å². The minimum Gasteiger partial charge on any atom is -0.457 e. The van der Waals surface area contributed by atoms with Crippen LogP contribution in [-0.2, 0) is 41.2 Å². The maximum absolute atomic E-state index is 9.75. The van der Waals surface area contributed by atoms with E-state index < -0.39 is 7.25 Å². The summed E-state index contributed by atoms with van der Waals surface area (Å²) in [6, 6.07) is 2.03. The van der Waals surface area contributed by atoms with Crippen molar-refractivity contribution < 1.29 is 51.7 Å². The molecule has 0 fully saturated rings. The summed E-state index contributed by atoms with van der Waals surface area (Å²) >= 11 is 0. The van der Waals surface area contributed by atoms with Crippen molar-refractivity contribution in [2.75, 3.05) is 20.3 Å². The fourth-order valence-electron chi connectivity index (χ4n) is 1.96. The van der Waals surface area contributed by atoms with E-state index >= 15 is 0 Å². The summed E-state index contributed by atoms with van der Waals surface area (Å²) in [5, 5.41) is 4.26. The summed E-state index contributed by atoms with van der Waals surface area (Å²) in [4.78, 5) is 0. The Morgan fingerprint density at radius 1 is 0.964 bits per heavy atom. The second-order valence-corrected chi connectivity index (χ2v) is 5.55. The summed E-state index contributed by atoms with van der Waals surface area (Å²) in [5.41, 5.74) is 2.14. The van der Waals surface area contributed by atoms with Crippen LogP contribution in [0.3, 0.4) is 0 Å². The second kappa shape index (κ2) is 19.3. The molecule has 0 amide bonds. The van der Waals surface area contributed by atoms with Crippen molar-refractivity contribution >= 4 is 7.25 Å². The van der Waals surface area contributed by atoms with Crippen LogP contribution >= 0.6 is 0 Å². The Balaban J connectivity index is -0.000000360. The largest absolute Gasteiger partial charge is 0.673 e. The van der Waals surface area contributed by atoms with Crippen LogP contribution in [0.25, 0.3) is 0 Å².